The van der Waals surface area contributed by atoms with Crippen LogP contribution in [-0.4, -0.2) is 44.0 Å². The number of rotatable bonds is 4. The van der Waals surface area contributed by atoms with Crippen LogP contribution in [-0.2, 0) is 11.2 Å². The average molecular weight is 384 g/mol. The Hall–Kier alpha value is -2.80. The first-order valence-corrected chi connectivity index (χ1v) is 9.19. The van der Waals surface area contributed by atoms with Gasteiger partial charge < -0.3 is 9.42 Å². The summed E-state index contributed by atoms with van der Waals surface area (Å²) in [6, 6.07) is 7.37. The molecular weight excluding hydrogens is 366 g/mol. The Balaban J connectivity index is 1.43. The van der Waals surface area contributed by atoms with Crippen LogP contribution in [0.4, 0.5) is 0 Å². The first-order valence-electron chi connectivity index (χ1n) is 8.81. The lowest BCUT2D eigenvalue weighted by molar-refractivity contribution is -0.131. The summed E-state index contributed by atoms with van der Waals surface area (Å²) in [5.41, 5.74) is 1.50. The van der Waals surface area contributed by atoms with Gasteiger partial charge in [0.15, 0.2) is 5.82 Å². The summed E-state index contributed by atoms with van der Waals surface area (Å²) >= 11 is 5.90. The second-order valence-electron chi connectivity index (χ2n) is 6.53. The van der Waals surface area contributed by atoms with Crippen LogP contribution < -0.4 is 0 Å². The van der Waals surface area contributed by atoms with E-state index in [4.69, 9.17) is 16.1 Å². The third-order valence-corrected chi connectivity index (χ3v) is 4.88. The number of piperidine rings is 1. The molecule has 0 spiro atoms. The van der Waals surface area contributed by atoms with Crippen molar-refractivity contribution < 1.29 is 9.32 Å². The molecule has 0 bridgehead atoms. The molecule has 3 aromatic rings. The van der Waals surface area contributed by atoms with Gasteiger partial charge in [-0.3, -0.25) is 9.78 Å². The van der Waals surface area contributed by atoms with Gasteiger partial charge in [-0.1, -0.05) is 28.9 Å². The molecule has 1 aliphatic heterocycles. The molecule has 4 rings (SSSR count). The summed E-state index contributed by atoms with van der Waals surface area (Å²) in [6.07, 6.45) is 6.94. The molecule has 3 heterocycles. The molecule has 8 heteroatoms. The number of aromatic nitrogens is 4. The van der Waals surface area contributed by atoms with Crippen LogP contribution in [0.2, 0.25) is 5.02 Å². The van der Waals surface area contributed by atoms with Gasteiger partial charge in [-0.25, -0.2) is 4.98 Å². The second kappa shape index (κ2) is 7.84. The van der Waals surface area contributed by atoms with E-state index in [1.54, 1.807) is 30.7 Å². The number of halogens is 1. The SMILES string of the molecule is O=C(Cc1ccc(Cl)cc1)N1CCCC(c2noc(-c3cnccn3)n2)C1. The molecule has 1 amide bonds. The summed E-state index contributed by atoms with van der Waals surface area (Å²) in [5, 5.41) is 4.76. The minimum absolute atomic E-state index is 0.0575. The molecule has 1 atom stereocenters. The van der Waals surface area contributed by atoms with E-state index in [0.29, 0.717) is 35.4 Å². The lowest BCUT2D eigenvalue weighted by Gasteiger charge is -2.31. The monoisotopic (exact) mass is 383 g/mol. The fraction of sp³-hybridized carbons (Fsp3) is 0.316. The number of nitrogens with zero attached hydrogens (tertiary/aromatic N) is 5. The predicted molar refractivity (Wildman–Crippen MR) is 99.0 cm³/mol. The number of benzene rings is 1. The van der Waals surface area contributed by atoms with Crippen molar-refractivity contribution in [3.63, 3.8) is 0 Å². The summed E-state index contributed by atoms with van der Waals surface area (Å²) in [7, 11) is 0. The molecule has 0 aliphatic carbocycles. The Morgan fingerprint density at radius 1 is 1.26 bits per heavy atom. The van der Waals surface area contributed by atoms with Crippen molar-refractivity contribution in [3.05, 3.63) is 59.3 Å². The lowest BCUT2D eigenvalue weighted by Crippen LogP contribution is -2.40. The molecule has 138 valence electrons. The number of carbonyl (C=O) groups is 1. The van der Waals surface area contributed by atoms with Gasteiger partial charge in [0, 0.05) is 36.4 Å². The van der Waals surface area contributed by atoms with Crippen LogP contribution in [0.5, 0.6) is 0 Å². The van der Waals surface area contributed by atoms with Gasteiger partial charge in [-0.2, -0.15) is 4.98 Å². The van der Waals surface area contributed by atoms with Crippen molar-refractivity contribution in [2.45, 2.75) is 25.2 Å². The maximum Gasteiger partial charge on any atom is 0.278 e. The van der Waals surface area contributed by atoms with E-state index in [0.717, 1.165) is 24.9 Å². The Morgan fingerprint density at radius 3 is 2.89 bits per heavy atom. The fourth-order valence-corrected chi connectivity index (χ4v) is 3.34. The van der Waals surface area contributed by atoms with Crippen molar-refractivity contribution in [3.8, 4) is 11.6 Å². The number of carbonyl (C=O) groups excluding carboxylic acids is 1. The van der Waals surface area contributed by atoms with E-state index < -0.39 is 0 Å². The Morgan fingerprint density at radius 2 is 2.11 bits per heavy atom. The smallest absolute Gasteiger partial charge is 0.278 e. The normalized spacial score (nSPS) is 17.1. The van der Waals surface area contributed by atoms with E-state index in [1.807, 2.05) is 17.0 Å². The van der Waals surface area contributed by atoms with E-state index in [2.05, 4.69) is 20.1 Å². The van der Waals surface area contributed by atoms with E-state index >= 15 is 0 Å². The number of likely N-dealkylation sites (tertiary alicyclic amines) is 1. The number of hydrogen-bond donors (Lipinski definition) is 0. The quantitative estimate of drug-likeness (QED) is 0.688. The minimum atomic E-state index is 0.0575. The van der Waals surface area contributed by atoms with Crippen LogP contribution in [0.15, 0.2) is 47.4 Å². The fourth-order valence-electron chi connectivity index (χ4n) is 3.22. The second-order valence-corrected chi connectivity index (χ2v) is 6.97. The zero-order chi connectivity index (χ0) is 18.6. The molecule has 1 unspecified atom stereocenters. The maximum atomic E-state index is 12.7. The zero-order valence-electron chi connectivity index (χ0n) is 14.6. The van der Waals surface area contributed by atoms with Crippen LogP contribution >= 0.6 is 11.6 Å². The molecule has 27 heavy (non-hydrogen) atoms. The van der Waals surface area contributed by atoms with Gasteiger partial charge in [0.2, 0.25) is 5.91 Å². The first kappa shape index (κ1) is 17.6. The van der Waals surface area contributed by atoms with Crippen LogP contribution in [0.1, 0.15) is 30.1 Å². The summed E-state index contributed by atoms with van der Waals surface area (Å²) < 4.78 is 5.33. The Bertz CT molecular complexity index is 913. The molecule has 0 radical (unpaired) electrons. The standard InChI is InChI=1S/C19H18ClN5O2/c20-15-5-3-13(4-6-15)10-17(26)25-9-1-2-14(12-25)18-23-19(27-24-18)16-11-21-7-8-22-16/h3-8,11,14H,1-2,9-10,12H2. The van der Waals surface area contributed by atoms with Crippen LogP contribution in [0.3, 0.4) is 0 Å². The van der Waals surface area contributed by atoms with Crippen molar-refractivity contribution in [1.29, 1.82) is 0 Å². The summed E-state index contributed by atoms with van der Waals surface area (Å²) in [6.45, 7) is 1.34. The largest absolute Gasteiger partial charge is 0.342 e. The predicted octanol–water partition coefficient (Wildman–Crippen LogP) is 3.13. The highest BCUT2D eigenvalue weighted by Gasteiger charge is 2.28. The Kier molecular flexibility index (Phi) is 5.11. The molecule has 1 saturated heterocycles. The van der Waals surface area contributed by atoms with E-state index in [-0.39, 0.29) is 11.8 Å². The highest BCUT2D eigenvalue weighted by molar-refractivity contribution is 6.30. The average Bonchev–Trinajstić information content (AvgIpc) is 3.21. The van der Waals surface area contributed by atoms with Gasteiger partial charge in [-0.15, -0.1) is 0 Å². The highest BCUT2D eigenvalue weighted by Crippen LogP contribution is 2.27. The lowest BCUT2D eigenvalue weighted by atomic mass is 9.96. The van der Waals surface area contributed by atoms with Gasteiger partial charge in [0.25, 0.3) is 5.89 Å². The molecule has 0 saturated carbocycles. The molecule has 7 nitrogen and oxygen atoms in total. The third kappa shape index (κ3) is 4.14. The van der Waals surface area contributed by atoms with Crippen LogP contribution in [0.25, 0.3) is 11.6 Å². The summed E-state index contributed by atoms with van der Waals surface area (Å²) in [4.78, 5) is 27.2. The first-order chi connectivity index (χ1) is 13.2. The van der Waals surface area contributed by atoms with Crippen molar-refractivity contribution in [2.24, 2.45) is 0 Å². The van der Waals surface area contributed by atoms with E-state index in [9.17, 15) is 4.79 Å². The van der Waals surface area contributed by atoms with Gasteiger partial charge in [0.1, 0.15) is 5.69 Å². The van der Waals surface area contributed by atoms with Gasteiger partial charge >= 0.3 is 0 Å². The van der Waals surface area contributed by atoms with Crippen molar-refractivity contribution >= 4 is 17.5 Å². The van der Waals surface area contributed by atoms with Crippen molar-refractivity contribution in [2.75, 3.05) is 13.1 Å². The topological polar surface area (TPSA) is 85.0 Å². The summed E-state index contributed by atoms with van der Waals surface area (Å²) in [5.74, 6) is 1.11. The number of hydrogen-bond acceptors (Lipinski definition) is 6. The zero-order valence-corrected chi connectivity index (χ0v) is 15.3. The molecule has 1 fully saturated rings. The maximum absolute atomic E-state index is 12.7. The van der Waals surface area contributed by atoms with Crippen molar-refractivity contribution in [1.82, 2.24) is 25.0 Å². The molecule has 2 aromatic heterocycles. The van der Waals surface area contributed by atoms with Crippen LogP contribution in [0, 0.1) is 0 Å². The highest BCUT2D eigenvalue weighted by atomic mass is 35.5. The van der Waals surface area contributed by atoms with E-state index in [1.165, 1.54) is 0 Å². The molecule has 0 N–H and O–H groups in total. The molecular formula is C19H18ClN5O2. The number of amides is 1. The molecule has 1 aromatic carbocycles. The Labute approximate surface area is 161 Å². The minimum Gasteiger partial charge on any atom is -0.342 e. The van der Waals surface area contributed by atoms with Gasteiger partial charge in [-0.05, 0) is 30.5 Å². The third-order valence-electron chi connectivity index (χ3n) is 4.63. The molecule has 1 aliphatic rings. The van der Waals surface area contributed by atoms with Gasteiger partial charge in [0.05, 0.1) is 12.6 Å².